The Morgan fingerprint density at radius 2 is 1.81 bits per heavy atom. The number of halogens is 4. The van der Waals surface area contributed by atoms with E-state index in [1.807, 2.05) is 0 Å². The molecule has 26 heavy (non-hydrogen) atoms. The normalized spacial score (nSPS) is 16.6. The Bertz CT molecular complexity index is 760. The highest BCUT2D eigenvalue weighted by Crippen LogP contribution is 2.32. The second kappa shape index (κ2) is 7.78. The van der Waals surface area contributed by atoms with E-state index in [0.29, 0.717) is 6.07 Å². The molecule has 1 aromatic rings. The second-order valence-corrected chi connectivity index (χ2v) is 8.00. The lowest BCUT2D eigenvalue weighted by Crippen LogP contribution is -2.53. The lowest BCUT2D eigenvalue weighted by molar-refractivity contribution is -0.138. The van der Waals surface area contributed by atoms with Crippen molar-refractivity contribution < 1.29 is 30.8 Å². The van der Waals surface area contributed by atoms with Gasteiger partial charge in [-0.3, -0.25) is 0 Å². The highest BCUT2D eigenvalue weighted by molar-refractivity contribution is 7.89. The minimum atomic E-state index is -4.73. The summed E-state index contributed by atoms with van der Waals surface area (Å²) >= 11 is 0. The van der Waals surface area contributed by atoms with Gasteiger partial charge in [-0.1, -0.05) is 6.07 Å². The van der Waals surface area contributed by atoms with Crippen molar-refractivity contribution in [1.29, 1.82) is 0 Å². The molecule has 0 aliphatic carbocycles. The Labute approximate surface area is 148 Å². The Morgan fingerprint density at radius 3 is 2.35 bits per heavy atom. The van der Waals surface area contributed by atoms with Crippen LogP contribution in [0.1, 0.15) is 18.1 Å². The number of hydrogen-bond acceptors (Lipinski definition) is 3. The Morgan fingerprint density at radius 1 is 1.19 bits per heavy atom. The lowest BCUT2D eigenvalue weighted by atomic mass is 10.1. The van der Waals surface area contributed by atoms with Crippen LogP contribution in [0, 0.1) is 5.82 Å². The van der Waals surface area contributed by atoms with Crippen molar-refractivity contribution in [3.63, 3.8) is 0 Å². The van der Waals surface area contributed by atoms with Gasteiger partial charge in [0.15, 0.2) is 0 Å². The predicted octanol–water partition coefficient (Wildman–Crippen LogP) is 2.02. The molecule has 1 N–H and O–H groups in total. The minimum Gasteiger partial charge on any atom is -0.334 e. The zero-order chi connectivity index (χ0) is 19.5. The van der Waals surface area contributed by atoms with Gasteiger partial charge >= 0.3 is 12.2 Å². The molecule has 1 aliphatic heterocycles. The van der Waals surface area contributed by atoms with Gasteiger partial charge in [-0.15, -0.1) is 0 Å². The number of alkyl halides is 3. The highest BCUT2D eigenvalue weighted by Gasteiger charge is 2.34. The summed E-state index contributed by atoms with van der Waals surface area (Å²) in [6.07, 6.45) is -4.73. The summed E-state index contributed by atoms with van der Waals surface area (Å²) in [6.45, 7) is 1.65. The maximum atomic E-state index is 13.1. The number of sulfonamides is 1. The van der Waals surface area contributed by atoms with Crippen LogP contribution in [0.4, 0.5) is 22.4 Å². The highest BCUT2D eigenvalue weighted by atomic mass is 32.2. The third-order valence-corrected chi connectivity index (χ3v) is 5.97. The average Bonchev–Trinajstić information content (AvgIpc) is 2.59. The first kappa shape index (κ1) is 20.4. The molecule has 1 heterocycles. The molecule has 1 fully saturated rings. The first-order chi connectivity index (χ1) is 12.0. The van der Waals surface area contributed by atoms with Crippen molar-refractivity contribution in [1.82, 2.24) is 14.5 Å². The Hall–Kier alpha value is -1.88. The van der Waals surface area contributed by atoms with E-state index in [2.05, 4.69) is 5.32 Å². The molecule has 0 aromatic heterocycles. The molecule has 0 spiro atoms. The van der Waals surface area contributed by atoms with Gasteiger partial charge in [0.2, 0.25) is 10.0 Å². The molecule has 2 rings (SSSR count). The number of nitrogens with zero attached hydrogens (tertiary/aromatic N) is 2. The van der Waals surface area contributed by atoms with Gasteiger partial charge in [-0.05, 0) is 24.6 Å². The molecule has 0 bridgehead atoms. The smallest absolute Gasteiger partial charge is 0.334 e. The number of rotatable bonds is 4. The summed E-state index contributed by atoms with van der Waals surface area (Å²) < 4.78 is 76.7. The van der Waals surface area contributed by atoms with Crippen LogP contribution in [0.15, 0.2) is 18.2 Å². The van der Waals surface area contributed by atoms with Crippen LogP contribution < -0.4 is 5.32 Å². The van der Waals surface area contributed by atoms with Crippen molar-refractivity contribution in [3.05, 3.63) is 35.1 Å². The van der Waals surface area contributed by atoms with Gasteiger partial charge in [-0.2, -0.15) is 17.5 Å². The number of urea groups is 1. The fraction of sp³-hybridized carbons (Fsp3) is 0.533. The maximum Gasteiger partial charge on any atom is 0.416 e. The van der Waals surface area contributed by atoms with E-state index in [0.717, 1.165) is 12.1 Å². The van der Waals surface area contributed by atoms with Gasteiger partial charge in [0.25, 0.3) is 0 Å². The monoisotopic (exact) mass is 397 g/mol. The molecule has 1 aromatic carbocycles. The predicted molar refractivity (Wildman–Crippen MR) is 86.2 cm³/mol. The minimum absolute atomic E-state index is 0.0377. The molecule has 1 aliphatic rings. The second-order valence-electron chi connectivity index (χ2n) is 5.74. The first-order valence-electron chi connectivity index (χ1n) is 7.91. The zero-order valence-electron chi connectivity index (χ0n) is 14.0. The van der Waals surface area contributed by atoms with E-state index >= 15 is 0 Å². The van der Waals surface area contributed by atoms with E-state index < -0.39 is 40.2 Å². The standard InChI is InChI=1S/C15H19F4N3O3S/c1-2-26(24,25)22-7-5-21(6-8-22)14(23)20-10-11-3-4-12(16)9-13(11)15(17,18)19/h3-4,9H,2,5-8,10H2,1H3,(H,20,23). The number of hydrogen-bond donors (Lipinski definition) is 1. The third-order valence-electron chi connectivity index (χ3n) is 4.09. The molecule has 0 radical (unpaired) electrons. The third kappa shape index (κ3) is 4.85. The number of carbonyl (C=O) groups excluding carboxylic acids is 1. The molecule has 1 saturated heterocycles. The summed E-state index contributed by atoms with van der Waals surface area (Å²) in [7, 11) is -3.34. The summed E-state index contributed by atoms with van der Waals surface area (Å²) in [5.41, 5.74) is -1.39. The van der Waals surface area contributed by atoms with Gasteiger partial charge in [0.05, 0.1) is 11.3 Å². The summed E-state index contributed by atoms with van der Waals surface area (Å²) in [5, 5.41) is 2.36. The van der Waals surface area contributed by atoms with Crippen molar-refractivity contribution in [3.8, 4) is 0 Å². The quantitative estimate of drug-likeness (QED) is 0.791. The number of carbonyl (C=O) groups is 1. The van der Waals surface area contributed by atoms with Crippen LogP contribution in [-0.2, 0) is 22.7 Å². The summed E-state index contributed by atoms with van der Waals surface area (Å²) in [6, 6.07) is 1.65. The number of nitrogens with one attached hydrogen (secondary N) is 1. The molecule has 0 unspecified atom stereocenters. The van der Waals surface area contributed by atoms with E-state index in [4.69, 9.17) is 0 Å². The molecule has 146 valence electrons. The number of amides is 2. The molecule has 2 amide bonds. The van der Waals surface area contributed by atoms with Crippen molar-refractivity contribution in [2.75, 3.05) is 31.9 Å². The van der Waals surface area contributed by atoms with Crippen LogP contribution in [0.3, 0.4) is 0 Å². The fourth-order valence-corrected chi connectivity index (χ4v) is 3.69. The Kier molecular flexibility index (Phi) is 6.12. The van der Waals surface area contributed by atoms with Gasteiger partial charge < -0.3 is 10.2 Å². The van der Waals surface area contributed by atoms with Crippen molar-refractivity contribution in [2.24, 2.45) is 0 Å². The average molecular weight is 397 g/mol. The van der Waals surface area contributed by atoms with Crippen LogP contribution in [-0.4, -0.2) is 55.6 Å². The van der Waals surface area contributed by atoms with E-state index in [-0.39, 0.29) is 37.5 Å². The van der Waals surface area contributed by atoms with Crippen LogP contribution in [0.25, 0.3) is 0 Å². The van der Waals surface area contributed by atoms with Crippen LogP contribution >= 0.6 is 0 Å². The number of benzene rings is 1. The summed E-state index contributed by atoms with van der Waals surface area (Å²) in [4.78, 5) is 13.4. The molecule has 6 nitrogen and oxygen atoms in total. The maximum absolute atomic E-state index is 13.1. The van der Waals surface area contributed by atoms with Gasteiger partial charge in [-0.25, -0.2) is 17.6 Å². The van der Waals surface area contributed by atoms with Gasteiger partial charge in [0, 0.05) is 32.7 Å². The first-order valence-corrected chi connectivity index (χ1v) is 9.51. The SMILES string of the molecule is CCS(=O)(=O)N1CCN(C(=O)NCc2ccc(F)cc2C(F)(F)F)CC1. The molecular formula is C15H19F4N3O3S. The van der Waals surface area contributed by atoms with Crippen LogP contribution in [0.2, 0.25) is 0 Å². The van der Waals surface area contributed by atoms with Crippen molar-refractivity contribution >= 4 is 16.1 Å². The van der Waals surface area contributed by atoms with E-state index in [1.165, 1.54) is 16.1 Å². The van der Waals surface area contributed by atoms with E-state index in [9.17, 15) is 30.8 Å². The van der Waals surface area contributed by atoms with E-state index in [1.54, 1.807) is 0 Å². The molecule has 11 heteroatoms. The van der Waals surface area contributed by atoms with Gasteiger partial charge in [0.1, 0.15) is 5.82 Å². The number of piperazine rings is 1. The molecule has 0 atom stereocenters. The molecule has 0 saturated carbocycles. The molecular weight excluding hydrogens is 378 g/mol. The topological polar surface area (TPSA) is 69.7 Å². The Balaban J connectivity index is 1.97. The largest absolute Gasteiger partial charge is 0.416 e. The zero-order valence-corrected chi connectivity index (χ0v) is 14.8. The lowest BCUT2D eigenvalue weighted by Gasteiger charge is -2.33. The fourth-order valence-electron chi connectivity index (χ4n) is 2.60. The summed E-state index contributed by atoms with van der Waals surface area (Å²) in [5.74, 6) is -1.05. The van der Waals surface area contributed by atoms with Crippen LogP contribution in [0.5, 0.6) is 0 Å². The van der Waals surface area contributed by atoms with Crippen molar-refractivity contribution in [2.45, 2.75) is 19.6 Å².